The topological polar surface area (TPSA) is 86.8 Å². The van der Waals surface area contributed by atoms with Gasteiger partial charge in [0.2, 0.25) is 21.8 Å². The maximum atomic E-state index is 13.3. The predicted molar refractivity (Wildman–Crippen MR) is 129 cm³/mol. The molecule has 186 valence electrons. The van der Waals surface area contributed by atoms with E-state index in [0.29, 0.717) is 35.7 Å². The van der Waals surface area contributed by atoms with Gasteiger partial charge >= 0.3 is 0 Å². The molecule has 8 heteroatoms. The Labute approximate surface area is 203 Å². The van der Waals surface area contributed by atoms with Crippen LogP contribution in [0.4, 0.5) is 0 Å². The van der Waals surface area contributed by atoms with E-state index in [1.807, 2.05) is 19.9 Å². The van der Waals surface area contributed by atoms with Crippen LogP contribution in [-0.2, 0) is 19.6 Å². The summed E-state index contributed by atoms with van der Waals surface area (Å²) < 4.78 is 27.6. The second-order valence-corrected chi connectivity index (χ2v) is 13.3. The zero-order chi connectivity index (χ0) is 24.3. The zero-order valence-corrected chi connectivity index (χ0v) is 21.4. The Hall–Kier alpha value is -1.93. The molecule has 1 heterocycles. The van der Waals surface area contributed by atoms with Gasteiger partial charge in [0.1, 0.15) is 6.04 Å². The number of aryl methyl sites for hydroxylation is 2. The summed E-state index contributed by atoms with van der Waals surface area (Å²) in [6, 6.07) is 4.60. The highest BCUT2D eigenvalue weighted by atomic mass is 32.2. The molecule has 4 bridgehead atoms. The highest BCUT2D eigenvalue weighted by molar-refractivity contribution is 7.89. The smallest absolute Gasteiger partial charge is 0.244 e. The number of amides is 2. The van der Waals surface area contributed by atoms with Crippen LogP contribution < -0.4 is 5.32 Å². The van der Waals surface area contributed by atoms with Crippen LogP contribution in [-0.4, -0.2) is 61.7 Å². The third kappa shape index (κ3) is 4.17. The molecule has 1 atom stereocenters. The van der Waals surface area contributed by atoms with Gasteiger partial charge in [-0.15, -0.1) is 0 Å². The summed E-state index contributed by atoms with van der Waals surface area (Å²) in [5, 5.41) is 3.05. The minimum absolute atomic E-state index is 0.0587. The molecule has 0 unspecified atom stereocenters. The van der Waals surface area contributed by atoms with Crippen LogP contribution in [0.15, 0.2) is 23.1 Å². The van der Waals surface area contributed by atoms with E-state index in [1.54, 1.807) is 24.0 Å². The van der Waals surface area contributed by atoms with E-state index in [-0.39, 0.29) is 30.3 Å². The zero-order valence-electron chi connectivity index (χ0n) is 20.5. The summed E-state index contributed by atoms with van der Waals surface area (Å²) in [4.78, 5) is 28.4. The second kappa shape index (κ2) is 8.63. The van der Waals surface area contributed by atoms with Crippen molar-refractivity contribution in [3.8, 4) is 0 Å². The van der Waals surface area contributed by atoms with E-state index in [1.165, 1.54) is 23.6 Å². The molecular weight excluding hydrogens is 450 g/mol. The van der Waals surface area contributed by atoms with E-state index in [2.05, 4.69) is 5.32 Å². The quantitative estimate of drug-likeness (QED) is 0.692. The van der Waals surface area contributed by atoms with Crippen LogP contribution in [0.1, 0.15) is 56.6 Å². The Morgan fingerprint density at radius 3 is 2.03 bits per heavy atom. The molecule has 5 fully saturated rings. The maximum Gasteiger partial charge on any atom is 0.244 e. The molecule has 6 rings (SSSR count). The average molecular weight is 488 g/mol. The van der Waals surface area contributed by atoms with Gasteiger partial charge in [0, 0.05) is 31.6 Å². The number of carbonyl (C=O) groups excluding carboxylic acids is 2. The van der Waals surface area contributed by atoms with Gasteiger partial charge in [-0.25, -0.2) is 8.42 Å². The number of piperazine rings is 1. The summed E-state index contributed by atoms with van der Waals surface area (Å²) in [7, 11) is -3.59. The molecular formula is C26H37N3O4S. The van der Waals surface area contributed by atoms with Gasteiger partial charge in [0.25, 0.3) is 0 Å². The van der Waals surface area contributed by atoms with E-state index in [0.717, 1.165) is 30.4 Å². The number of rotatable bonds is 5. The molecule has 1 aromatic rings. The minimum atomic E-state index is -3.59. The first-order valence-corrected chi connectivity index (χ1v) is 14.2. The maximum absolute atomic E-state index is 13.3. The second-order valence-electron chi connectivity index (χ2n) is 11.4. The van der Waals surface area contributed by atoms with Crippen LogP contribution in [0.3, 0.4) is 0 Å². The highest BCUT2D eigenvalue weighted by Crippen LogP contribution is 2.60. The Morgan fingerprint density at radius 1 is 0.941 bits per heavy atom. The SMILES string of the molecule is Cc1ccc(S(=O)(=O)N2CCN(C(=O)[C@@H](C)NC(=O)C34CC5CC(CC(C5)C3)C4)CC2)cc1C. The fourth-order valence-corrected chi connectivity index (χ4v) is 8.75. The first-order chi connectivity index (χ1) is 16.1. The molecule has 5 aliphatic rings. The lowest BCUT2D eigenvalue weighted by Gasteiger charge is -2.55. The first kappa shape index (κ1) is 23.8. The van der Waals surface area contributed by atoms with Crippen LogP contribution in [0, 0.1) is 37.0 Å². The molecule has 4 saturated carbocycles. The van der Waals surface area contributed by atoms with Gasteiger partial charge in [0.15, 0.2) is 0 Å². The average Bonchev–Trinajstić information content (AvgIpc) is 2.79. The van der Waals surface area contributed by atoms with Crippen LogP contribution in [0.25, 0.3) is 0 Å². The molecule has 1 N–H and O–H groups in total. The number of carbonyl (C=O) groups is 2. The van der Waals surface area contributed by atoms with Crippen molar-refractivity contribution < 1.29 is 18.0 Å². The number of hydrogen-bond acceptors (Lipinski definition) is 4. The van der Waals surface area contributed by atoms with Gasteiger partial charge in [0.05, 0.1) is 4.90 Å². The minimum Gasteiger partial charge on any atom is -0.344 e. The third-order valence-electron chi connectivity index (χ3n) is 8.90. The molecule has 34 heavy (non-hydrogen) atoms. The summed E-state index contributed by atoms with van der Waals surface area (Å²) in [6.45, 7) is 6.82. The Bertz CT molecular complexity index is 1060. The monoisotopic (exact) mass is 487 g/mol. The Kier molecular flexibility index (Phi) is 6.04. The number of nitrogens with zero attached hydrogens (tertiary/aromatic N) is 2. The van der Waals surface area contributed by atoms with Crippen LogP contribution >= 0.6 is 0 Å². The van der Waals surface area contributed by atoms with Crippen molar-refractivity contribution in [3.05, 3.63) is 29.3 Å². The third-order valence-corrected chi connectivity index (χ3v) is 10.8. The van der Waals surface area contributed by atoms with Crippen LogP contribution in [0.2, 0.25) is 0 Å². The molecule has 0 radical (unpaired) electrons. The van der Waals surface area contributed by atoms with Crippen molar-refractivity contribution >= 4 is 21.8 Å². The lowest BCUT2D eigenvalue weighted by atomic mass is 9.49. The molecule has 2 amide bonds. The summed E-state index contributed by atoms with van der Waals surface area (Å²) in [5.41, 5.74) is 1.72. The van der Waals surface area contributed by atoms with Crippen molar-refractivity contribution in [1.82, 2.24) is 14.5 Å². The fraction of sp³-hybridized carbons (Fsp3) is 0.692. The van der Waals surface area contributed by atoms with Gasteiger partial charge in [-0.3, -0.25) is 9.59 Å². The fourth-order valence-electron chi connectivity index (χ4n) is 7.25. The Morgan fingerprint density at radius 2 is 1.50 bits per heavy atom. The normalized spacial score (nSPS) is 32.0. The summed E-state index contributed by atoms with van der Waals surface area (Å²) >= 11 is 0. The summed E-state index contributed by atoms with van der Waals surface area (Å²) in [6.07, 6.45) is 6.74. The summed E-state index contributed by atoms with van der Waals surface area (Å²) in [5.74, 6) is 1.96. The predicted octanol–water partition coefficient (Wildman–Crippen LogP) is 2.86. The lowest BCUT2D eigenvalue weighted by Crippen LogP contribution is -2.58. The van der Waals surface area contributed by atoms with Crippen molar-refractivity contribution in [3.63, 3.8) is 0 Å². The molecule has 0 spiro atoms. The molecule has 1 aromatic carbocycles. The molecule has 0 aromatic heterocycles. The van der Waals surface area contributed by atoms with E-state index < -0.39 is 16.1 Å². The van der Waals surface area contributed by atoms with Crippen molar-refractivity contribution in [2.75, 3.05) is 26.2 Å². The number of sulfonamides is 1. The van der Waals surface area contributed by atoms with Crippen molar-refractivity contribution in [2.24, 2.45) is 23.2 Å². The van der Waals surface area contributed by atoms with E-state index in [9.17, 15) is 18.0 Å². The van der Waals surface area contributed by atoms with Crippen molar-refractivity contribution in [2.45, 2.75) is 70.2 Å². The van der Waals surface area contributed by atoms with E-state index in [4.69, 9.17) is 0 Å². The molecule has 1 saturated heterocycles. The largest absolute Gasteiger partial charge is 0.344 e. The van der Waals surface area contributed by atoms with Gasteiger partial charge in [-0.05, 0) is 100 Å². The molecule has 1 aliphatic heterocycles. The van der Waals surface area contributed by atoms with E-state index >= 15 is 0 Å². The van der Waals surface area contributed by atoms with Gasteiger partial charge in [-0.2, -0.15) is 4.31 Å². The van der Waals surface area contributed by atoms with Crippen molar-refractivity contribution in [1.29, 1.82) is 0 Å². The van der Waals surface area contributed by atoms with Gasteiger partial charge < -0.3 is 10.2 Å². The van der Waals surface area contributed by atoms with Crippen LogP contribution in [0.5, 0.6) is 0 Å². The highest BCUT2D eigenvalue weighted by Gasteiger charge is 2.54. The standard InChI is InChI=1S/C26H37N3O4S/c1-17-4-5-23(10-18(17)2)34(32,33)29-8-6-28(7-9-29)24(30)19(3)27-25(31)26-14-20-11-21(15-26)13-22(12-20)16-26/h4-5,10,19-22H,6-9,11-16H2,1-3H3,(H,27,31)/t19-,20?,21?,22?,26?/m1/s1. The number of nitrogens with one attached hydrogen (secondary N) is 1. The Balaban J connectivity index is 1.18. The lowest BCUT2D eigenvalue weighted by molar-refractivity contribution is -0.149. The first-order valence-electron chi connectivity index (χ1n) is 12.7. The molecule has 7 nitrogen and oxygen atoms in total. The number of benzene rings is 1. The molecule has 4 aliphatic carbocycles. The number of hydrogen-bond donors (Lipinski definition) is 1. The van der Waals surface area contributed by atoms with Gasteiger partial charge in [-0.1, -0.05) is 6.07 Å².